The van der Waals surface area contributed by atoms with Gasteiger partial charge in [-0.05, 0) is 24.1 Å². The van der Waals surface area contributed by atoms with Gasteiger partial charge in [-0.1, -0.05) is 6.07 Å². The number of hydrogen-bond acceptors (Lipinski definition) is 6. The van der Waals surface area contributed by atoms with E-state index in [9.17, 15) is 4.79 Å². The van der Waals surface area contributed by atoms with Crippen molar-refractivity contribution in [2.24, 2.45) is 0 Å². The Morgan fingerprint density at radius 3 is 2.89 bits per heavy atom. The second-order valence-electron chi connectivity index (χ2n) is 6.59. The maximum absolute atomic E-state index is 12.1. The Balaban J connectivity index is 1.37. The summed E-state index contributed by atoms with van der Waals surface area (Å²) in [6.45, 7) is 3.14. The molecule has 3 aromatic heterocycles. The van der Waals surface area contributed by atoms with Crippen LogP contribution in [0.1, 0.15) is 34.2 Å². The molecule has 1 aliphatic heterocycles. The highest BCUT2D eigenvalue weighted by Gasteiger charge is 2.25. The molecular weight excluding hydrogens is 342 g/mol. The van der Waals surface area contributed by atoms with Crippen molar-refractivity contribution in [2.75, 3.05) is 13.1 Å². The summed E-state index contributed by atoms with van der Waals surface area (Å²) in [5.41, 5.74) is 2.72. The summed E-state index contributed by atoms with van der Waals surface area (Å²) in [5.74, 6) is -0.202. The standard InChI is InChI=1S/C19H21N7O/c27-19(18-11-21-8-9-22-18)23-6-3-16-13-25(12-15-2-1-5-20-10-15)14-17-4-7-24-26(16)17/h1-2,4-5,7-11,16H,3,6,12-14H2,(H,23,27). The van der Waals surface area contributed by atoms with E-state index in [1.165, 1.54) is 23.7 Å². The van der Waals surface area contributed by atoms with Crippen LogP contribution < -0.4 is 5.32 Å². The SMILES string of the molecule is O=C(NCCC1CN(Cc2cccnc2)Cc2ccnn21)c1cnccn1. The summed E-state index contributed by atoms with van der Waals surface area (Å²) < 4.78 is 2.08. The Bertz CT molecular complexity index is 881. The molecule has 0 aromatic carbocycles. The van der Waals surface area contributed by atoms with Crippen LogP contribution in [-0.4, -0.2) is 48.6 Å². The van der Waals surface area contributed by atoms with Crippen LogP contribution in [0.2, 0.25) is 0 Å². The second-order valence-corrected chi connectivity index (χ2v) is 6.59. The zero-order valence-electron chi connectivity index (χ0n) is 14.9. The molecular formula is C19H21N7O. The monoisotopic (exact) mass is 363 g/mol. The molecule has 0 saturated carbocycles. The molecule has 1 atom stereocenters. The first-order chi connectivity index (χ1) is 13.3. The maximum Gasteiger partial charge on any atom is 0.271 e. The predicted octanol–water partition coefficient (Wildman–Crippen LogP) is 1.45. The van der Waals surface area contributed by atoms with E-state index in [1.54, 1.807) is 12.4 Å². The Morgan fingerprint density at radius 2 is 2.07 bits per heavy atom. The fraction of sp³-hybridized carbons (Fsp3) is 0.316. The van der Waals surface area contributed by atoms with Crippen molar-refractivity contribution in [3.8, 4) is 0 Å². The van der Waals surface area contributed by atoms with Gasteiger partial charge in [-0.25, -0.2) is 4.98 Å². The summed E-state index contributed by atoms with van der Waals surface area (Å²) in [7, 11) is 0. The molecule has 1 unspecified atom stereocenters. The Labute approximate surface area is 157 Å². The van der Waals surface area contributed by atoms with E-state index < -0.39 is 0 Å². The van der Waals surface area contributed by atoms with Gasteiger partial charge in [0.05, 0.1) is 17.9 Å². The van der Waals surface area contributed by atoms with Crippen LogP contribution in [0.3, 0.4) is 0 Å². The molecule has 8 nitrogen and oxygen atoms in total. The molecule has 0 saturated heterocycles. The number of amides is 1. The summed E-state index contributed by atoms with van der Waals surface area (Å²) in [5, 5.41) is 7.40. The van der Waals surface area contributed by atoms with Gasteiger partial charge in [-0.15, -0.1) is 0 Å². The molecule has 1 aliphatic rings. The number of rotatable bonds is 6. The number of nitrogens with zero attached hydrogens (tertiary/aromatic N) is 6. The van der Waals surface area contributed by atoms with Gasteiger partial charge >= 0.3 is 0 Å². The summed E-state index contributed by atoms with van der Waals surface area (Å²) in [6, 6.07) is 6.32. The van der Waals surface area contributed by atoms with Gasteiger partial charge in [0.2, 0.25) is 0 Å². The highest BCUT2D eigenvalue weighted by Crippen LogP contribution is 2.23. The van der Waals surface area contributed by atoms with Crippen LogP contribution in [0.15, 0.2) is 55.4 Å². The zero-order chi connectivity index (χ0) is 18.5. The number of fused-ring (bicyclic) bond motifs is 1. The Morgan fingerprint density at radius 1 is 1.15 bits per heavy atom. The largest absolute Gasteiger partial charge is 0.351 e. The van der Waals surface area contributed by atoms with Crippen LogP contribution in [-0.2, 0) is 13.1 Å². The van der Waals surface area contributed by atoms with E-state index in [4.69, 9.17) is 0 Å². The lowest BCUT2D eigenvalue weighted by Crippen LogP contribution is -2.39. The summed E-state index contributed by atoms with van der Waals surface area (Å²) in [6.07, 6.45) is 10.9. The van der Waals surface area contributed by atoms with Crippen molar-refractivity contribution in [3.63, 3.8) is 0 Å². The summed E-state index contributed by atoms with van der Waals surface area (Å²) >= 11 is 0. The first-order valence-corrected chi connectivity index (χ1v) is 8.97. The van der Waals surface area contributed by atoms with Gasteiger partial charge in [0, 0.05) is 57.2 Å². The lowest BCUT2D eigenvalue weighted by molar-refractivity contribution is 0.0941. The fourth-order valence-electron chi connectivity index (χ4n) is 3.41. The third kappa shape index (κ3) is 4.17. The van der Waals surface area contributed by atoms with Gasteiger partial charge in [-0.3, -0.25) is 24.3 Å². The number of carbonyl (C=O) groups is 1. The molecule has 0 spiro atoms. The molecule has 4 heterocycles. The molecule has 1 amide bonds. The molecule has 0 fully saturated rings. The van der Waals surface area contributed by atoms with Gasteiger partial charge in [0.1, 0.15) is 5.69 Å². The number of hydrogen-bond donors (Lipinski definition) is 1. The highest BCUT2D eigenvalue weighted by molar-refractivity contribution is 5.91. The quantitative estimate of drug-likeness (QED) is 0.713. The van der Waals surface area contributed by atoms with Crippen molar-refractivity contribution in [2.45, 2.75) is 25.6 Å². The van der Waals surface area contributed by atoms with Crippen LogP contribution in [0, 0.1) is 0 Å². The van der Waals surface area contributed by atoms with E-state index in [0.29, 0.717) is 12.2 Å². The minimum atomic E-state index is -0.202. The van der Waals surface area contributed by atoms with E-state index >= 15 is 0 Å². The molecule has 0 radical (unpaired) electrons. The number of aromatic nitrogens is 5. The number of pyridine rings is 1. The van der Waals surface area contributed by atoms with Gasteiger partial charge in [0.25, 0.3) is 5.91 Å². The van der Waals surface area contributed by atoms with Crippen LogP contribution >= 0.6 is 0 Å². The minimum absolute atomic E-state index is 0.202. The van der Waals surface area contributed by atoms with Crippen LogP contribution in [0.25, 0.3) is 0 Å². The Kier molecular flexibility index (Phi) is 5.15. The molecule has 4 rings (SSSR count). The van der Waals surface area contributed by atoms with Crippen LogP contribution in [0.5, 0.6) is 0 Å². The minimum Gasteiger partial charge on any atom is -0.351 e. The average Bonchev–Trinajstić information content (AvgIpc) is 3.18. The highest BCUT2D eigenvalue weighted by atomic mass is 16.1. The van der Waals surface area contributed by atoms with E-state index in [-0.39, 0.29) is 11.9 Å². The smallest absolute Gasteiger partial charge is 0.271 e. The third-order valence-electron chi connectivity index (χ3n) is 4.64. The van der Waals surface area contributed by atoms with Crippen molar-refractivity contribution >= 4 is 5.91 Å². The van der Waals surface area contributed by atoms with Crippen molar-refractivity contribution in [1.29, 1.82) is 0 Å². The van der Waals surface area contributed by atoms with E-state index in [1.807, 2.05) is 18.5 Å². The third-order valence-corrected chi connectivity index (χ3v) is 4.64. The second kappa shape index (κ2) is 8.05. The van der Waals surface area contributed by atoms with E-state index in [2.05, 4.69) is 47.1 Å². The van der Waals surface area contributed by atoms with Crippen molar-refractivity contribution in [1.82, 2.24) is 34.9 Å². The molecule has 0 bridgehead atoms. The number of nitrogens with one attached hydrogen (secondary N) is 1. The van der Waals surface area contributed by atoms with Crippen LogP contribution in [0.4, 0.5) is 0 Å². The molecule has 138 valence electrons. The van der Waals surface area contributed by atoms with Gasteiger partial charge in [0.15, 0.2) is 0 Å². The number of carbonyl (C=O) groups excluding carboxylic acids is 1. The zero-order valence-corrected chi connectivity index (χ0v) is 14.9. The van der Waals surface area contributed by atoms with E-state index in [0.717, 1.165) is 26.1 Å². The molecule has 8 heteroatoms. The molecule has 27 heavy (non-hydrogen) atoms. The Hall–Kier alpha value is -3.13. The van der Waals surface area contributed by atoms with Gasteiger partial charge in [-0.2, -0.15) is 5.10 Å². The molecule has 0 aliphatic carbocycles. The lowest BCUT2D eigenvalue weighted by Gasteiger charge is -2.34. The molecule has 1 N–H and O–H groups in total. The fourth-order valence-corrected chi connectivity index (χ4v) is 3.41. The average molecular weight is 363 g/mol. The normalized spacial score (nSPS) is 16.7. The molecule has 3 aromatic rings. The van der Waals surface area contributed by atoms with Crippen molar-refractivity contribution in [3.05, 3.63) is 72.3 Å². The topological polar surface area (TPSA) is 88.8 Å². The predicted molar refractivity (Wildman–Crippen MR) is 98.6 cm³/mol. The first kappa shape index (κ1) is 17.3. The maximum atomic E-state index is 12.1. The lowest BCUT2D eigenvalue weighted by atomic mass is 10.1. The van der Waals surface area contributed by atoms with Crippen molar-refractivity contribution < 1.29 is 4.79 Å². The van der Waals surface area contributed by atoms with Gasteiger partial charge < -0.3 is 5.32 Å². The first-order valence-electron chi connectivity index (χ1n) is 8.97. The summed E-state index contributed by atoms with van der Waals surface area (Å²) in [4.78, 5) is 26.7.